The highest BCUT2D eigenvalue weighted by atomic mass is 35.5. The molecule has 128 valence electrons. The van der Waals surface area contributed by atoms with Crippen LogP contribution in [0.4, 0.5) is 4.79 Å². The standard InChI is InChI=1S/C16H24ClN3O2S/c1-11-9-18-14(19-13(11)17)23-10-12-5-7-20(8-6-12)15(21)22-16(2,3)4/h9,12H,5-8,10H2,1-4H3. The maximum atomic E-state index is 12.0. The van der Waals surface area contributed by atoms with Gasteiger partial charge in [-0.1, -0.05) is 23.4 Å². The molecule has 23 heavy (non-hydrogen) atoms. The van der Waals surface area contributed by atoms with Gasteiger partial charge in [-0.25, -0.2) is 14.8 Å². The van der Waals surface area contributed by atoms with Crippen LogP contribution in [0.2, 0.25) is 5.15 Å². The number of nitrogens with zero attached hydrogens (tertiary/aromatic N) is 3. The molecule has 0 aliphatic carbocycles. The van der Waals surface area contributed by atoms with E-state index in [2.05, 4.69) is 9.97 Å². The molecule has 1 fully saturated rings. The smallest absolute Gasteiger partial charge is 0.410 e. The molecular formula is C16H24ClN3O2S. The van der Waals surface area contributed by atoms with Gasteiger partial charge in [0.2, 0.25) is 0 Å². The van der Waals surface area contributed by atoms with Gasteiger partial charge in [-0.05, 0) is 46.5 Å². The summed E-state index contributed by atoms with van der Waals surface area (Å²) in [6, 6.07) is 0. The summed E-state index contributed by atoms with van der Waals surface area (Å²) in [5, 5.41) is 1.23. The molecule has 0 saturated carbocycles. The summed E-state index contributed by atoms with van der Waals surface area (Å²) in [4.78, 5) is 22.4. The van der Waals surface area contributed by atoms with Crippen LogP contribution in [-0.2, 0) is 4.74 Å². The van der Waals surface area contributed by atoms with E-state index in [0.29, 0.717) is 11.1 Å². The molecule has 0 aromatic carbocycles. The number of rotatable bonds is 3. The van der Waals surface area contributed by atoms with Crippen molar-refractivity contribution in [2.45, 2.75) is 51.3 Å². The number of aryl methyl sites for hydroxylation is 1. The fraction of sp³-hybridized carbons (Fsp3) is 0.688. The van der Waals surface area contributed by atoms with Gasteiger partial charge in [0.25, 0.3) is 0 Å². The van der Waals surface area contributed by atoms with Gasteiger partial charge in [0.05, 0.1) is 0 Å². The summed E-state index contributed by atoms with van der Waals surface area (Å²) in [6.45, 7) is 9.05. The van der Waals surface area contributed by atoms with E-state index in [1.54, 1.807) is 22.9 Å². The lowest BCUT2D eigenvalue weighted by Crippen LogP contribution is -2.42. The molecule has 1 aliphatic heterocycles. The average Bonchev–Trinajstić information content (AvgIpc) is 2.47. The molecule has 0 spiro atoms. The maximum absolute atomic E-state index is 12.0. The number of amides is 1. The zero-order valence-corrected chi connectivity index (χ0v) is 15.7. The second-order valence-corrected chi connectivity index (χ2v) is 8.19. The number of hydrogen-bond donors (Lipinski definition) is 0. The number of ether oxygens (including phenoxy) is 1. The van der Waals surface area contributed by atoms with Crippen LogP contribution in [0.5, 0.6) is 0 Å². The number of carbonyl (C=O) groups is 1. The third-order valence-electron chi connectivity index (χ3n) is 3.60. The van der Waals surface area contributed by atoms with Crippen molar-refractivity contribution in [1.29, 1.82) is 0 Å². The van der Waals surface area contributed by atoms with Crippen molar-refractivity contribution < 1.29 is 9.53 Å². The lowest BCUT2D eigenvalue weighted by atomic mass is 9.99. The molecule has 5 nitrogen and oxygen atoms in total. The third-order valence-corrected chi connectivity index (χ3v) is 5.08. The third kappa shape index (κ3) is 5.84. The van der Waals surface area contributed by atoms with Crippen molar-refractivity contribution in [3.05, 3.63) is 16.9 Å². The molecular weight excluding hydrogens is 334 g/mol. The predicted octanol–water partition coefficient (Wildman–Crippen LogP) is 4.18. The number of carbonyl (C=O) groups excluding carboxylic acids is 1. The van der Waals surface area contributed by atoms with Crippen LogP contribution in [-0.4, -0.2) is 45.4 Å². The van der Waals surface area contributed by atoms with E-state index in [0.717, 1.165) is 42.4 Å². The Bertz CT molecular complexity index is 555. The van der Waals surface area contributed by atoms with Crippen molar-refractivity contribution in [2.24, 2.45) is 5.92 Å². The normalized spacial score (nSPS) is 16.5. The molecule has 2 heterocycles. The minimum absolute atomic E-state index is 0.211. The Labute approximate surface area is 147 Å². The van der Waals surface area contributed by atoms with E-state index in [-0.39, 0.29) is 6.09 Å². The monoisotopic (exact) mass is 357 g/mol. The molecule has 1 amide bonds. The van der Waals surface area contributed by atoms with Gasteiger partial charge in [-0.2, -0.15) is 0 Å². The summed E-state index contributed by atoms with van der Waals surface area (Å²) in [6.07, 6.45) is 3.50. The van der Waals surface area contributed by atoms with E-state index >= 15 is 0 Å². The van der Waals surface area contributed by atoms with Crippen molar-refractivity contribution in [2.75, 3.05) is 18.8 Å². The highest BCUT2D eigenvalue weighted by Gasteiger charge is 2.26. The second-order valence-electron chi connectivity index (χ2n) is 6.85. The van der Waals surface area contributed by atoms with E-state index in [4.69, 9.17) is 16.3 Å². The predicted molar refractivity (Wildman–Crippen MR) is 93.0 cm³/mol. The van der Waals surface area contributed by atoms with E-state index in [1.807, 2.05) is 27.7 Å². The first-order valence-corrected chi connectivity index (χ1v) is 9.21. The zero-order valence-electron chi connectivity index (χ0n) is 14.1. The summed E-state index contributed by atoms with van der Waals surface area (Å²) in [5.74, 6) is 1.50. The van der Waals surface area contributed by atoms with Crippen LogP contribution in [0.25, 0.3) is 0 Å². The fourth-order valence-electron chi connectivity index (χ4n) is 2.28. The van der Waals surface area contributed by atoms with Crippen LogP contribution in [0.1, 0.15) is 39.2 Å². The van der Waals surface area contributed by atoms with Crippen molar-refractivity contribution in [3.63, 3.8) is 0 Å². The van der Waals surface area contributed by atoms with Gasteiger partial charge in [0.1, 0.15) is 10.8 Å². The second kappa shape index (κ2) is 7.71. The zero-order chi connectivity index (χ0) is 17.0. The molecule has 0 N–H and O–H groups in total. The first-order valence-electron chi connectivity index (χ1n) is 7.84. The minimum atomic E-state index is -0.439. The summed E-state index contributed by atoms with van der Waals surface area (Å²) in [5.41, 5.74) is 0.452. The Hall–Kier alpha value is -1.01. The molecule has 0 radical (unpaired) electrons. The maximum Gasteiger partial charge on any atom is 0.410 e. The van der Waals surface area contributed by atoms with Crippen LogP contribution >= 0.6 is 23.4 Å². The number of piperidine rings is 1. The Morgan fingerprint density at radius 2 is 2.09 bits per heavy atom. The van der Waals surface area contributed by atoms with Crippen LogP contribution in [0.15, 0.2) is 11.4 Å². The van der Waals surface area contributed by atoms with Crippen molar-refractivity contribution >= 4 is 29.5 Å². The minimum Gasteiger partial charge on any atom is -0.444 e. The highest BCUT2D eigenvalue weighted by molar-refractivity contribution is 7.99. The van der Waals surface area contributed by atoms with Gasteiger partial charge < -0.3 is 9.64 Å². The van der Waals surface area contributed by atoms with Crippen molar-refractivity contribution in [3.8, 4) is 0 Å². The van der Waals surface area contributed by atoms with Crippen molar-refractivity contribution in [1.82, 2.24) is 14.9 Å². The summed E-state index contributed by atoms with van der Waals surface area (Å²) in [7, 11) is 0. The number of aromatic nitrogens is 2. The summed E-state index contributed by atoms with van der Waals surface area (Å²) < 4.78 is 5.41. The van der Waals surface area contributed by atoms with Gasteiger partial charge in [0, 0.05) is 30.6 Å². The Balaban J connectivity index is 1.76. The van der Waals surface area contributed by atoms with E-state index in [1.165, 1.54) is 0 Å². The Kier molecular flexibility index (Phi) is 6.14. The summed E-state index contributed by atoms with van der Waals surface area (Å²) >= 11 is 7.65. The molecule has 0 unspecified atom stereocenters. The largest absolute Gasteiger partial charge is 0.444 e. The van der Waals surface area contributed by atoms with Gasteiger partial charge in [0.15, 0.2) is 5.16 Å². The first kappa shape index (κ1) is 18.3. The molecule has 7 heteroatoms. The van der Waals surface area contributed by atoms with Crippen LogP contribution < -0.4 is 0 Å². The SMILES string of the molecule is Cc1cnc(SCC2CCN(C(=O)OC(C)(C)C)CC2)nc1Cl. The van der Waals surface area contributed by atoms with Gasteiger partial charge in [-0.15, -0.1) is 0 Å². The molecule has 1 aromatic rings. The molecule has 0 atom stereocenters. The number of likely N-dealkylation sites (tertiary alicyclic amines) is 1. The van der Waals surface area contributed by atoms with Crippen LogP contribution in [0, 0.1) is 12.8 Å². The first-order chi connectivity index (χ1) is 10.7. The fourth-order valence-corrected chi connectivity index (χ4v) is 3.46. The van der Waals surface area contributed by atoms with E-state index < -0.39 is 5.60 Å². The van der Waals surface area contributed by atoms with E-state index in [9.17, 15) is 4.79 Å². The molecule has 1 saturated heterocycles. The molecule has 2 rings (SSSR count). The molecule has 1 aromatic heterocycles. The highest BCUT2D eigenvalue weighted by Crippen LogP contribution is 2.26. The van der Waals surface area contributed by atoms with Crippen LogP contribution in [0.3, 0.4) is 0 Å². The van der Waals surface area contributed by atoms with Gasteiger partial charge in [-0.3, -0.25) is 0 Å². The number of thioether (sulfide) groups is 1. The number of hydrogen-bond acceptors (Lipinski definition) is 5. The lowest BCUT2D eigenvalue weighted by Gasteiger charge is -2.33. The lowest BCUT2D eigenvalue weighted by molar-refractivity contribution is 0.0191. The van der Waals surface area contributed by atoms with Gasteiger partial charge >= 0.3 is 6.09 Å². The Morgan fingerprint density at radius 3 is 2.65 bits per heavy atom. The molecule has 1 aliphatic rings. The Morgan fingerprint density at radius 1 is 1.43 bits per heavy atom. The quantitative estimate of drug-likeness (QED) is 0.461. The topological polar surface area (TPSA) is 55.3 Å². The molecule has 0 bridgehead atoms. The average molecular weight is 358 g/mol. The number of halogens is 1.